The van der Waals surface area contributed by atoms with Crippen LogP contribution in [0.25, 0.3) is 0 Å². The smallest absolute Gasteiger partial charge is 0.0687 e. The SMILES string of the molecule is C/C=C/C1P=P1. The number of allylic oxidation sites excluding steroid dienone is 2. The van der Waals surface area contributed by atoms with Crippen LogP contribution in [0, 0.1) is 0 Å². The van der Waals surface area contributed by atoms with Crippen molar-refractivity contribution >= 4 is 15.7 Å². The molecule has 0 unspecified atom stereocenters. The second kappa shape index (κ2) is 1.87. The average Bonchev–Trinajstić information content (AvgIpc) is 2.21. The van der Waals surface area contributed by atoms with Gasteiger partial charge in [0.1, 0.15) is 0 Å². The van der Waals surface area contributed by atoms with E-state index in [0.717, 1.165) is 5.40 Å². The fourth-order valence-electron chi connectivity index (χ4n) is 0.288. The van der Waals surface area contributed by atoms with Crippen molar-refractivity contribution in [3.63, 3.8) is 0 Å². The lowest BCUT2D eigenvalue weighted by Gasteiger charge is -1.69. The molecule has 0 aromatic heterocycles. The Hall–Kier alpha value is 0.340. The molecule has 6 heavy (non-hydrogen) atoms. The number of hydrogen-bond donors (Lipinski definition) is 0. The zero-order valence-corrected chi connectivity index (χ0v) is 5.42. The molecule has 2 heteroatoms. The van der Waals surface area contributed by atoms with E-state index >= 15 is 0 Å². The van der Waals surface area contributed by atoms with Crippen LogP contribution < -0.4 is 0 Å². The molecule has 0 aromatic rings. The van der Waals surface area contributed by atoms with Gasteiger partial charge in [-0.15, -0.1) is 0 Å². The van der Waals surface area contributed by atoms with E-state index in [4.69, 9.17) is 0 Å². The molecule has 0 atom stereocenters. The van der Waals surface area contributed by atoms with Gasteiger partial charge >= 0.3 is 0 Å². The minimum Gasteiger partial charge on any atom is -0.0900 e. The standard InChI is InChI=1S/C4H6P2/c1-2-3-4-5-6-4/h2-4H,1H3/b3-2+. The van der Waals surface area contributed by atoms with Crippen molar-refractivity contribution in [3.8, 4) is 0 Å². The maximum Gasteiger partial charge on any atom is 0.0687 e. The van der Waals surface area contributed by atoms with Gasteiger partial charge in [0.05, 0.1) is 5.40 Å². The lowest BCUT2D eigenvalue weighted by Crippen LogP contribution is -1.59. The molecular weight excluding hydrogens is 110 g/mol. The summed E-state index contributed by atoms with van der Waals surface area (Å²) in [5, 5.41) is 0.912. The quantitative estimate of drug-likeness (QED) is 0.365. The Labute approximate surface area is 41.1 Å². The molecule has 0 radical (unpaired) electrons. The molecule has 0 aliphatic carbocycles. The van der Waals surface area contributed by atoms with E-state index in [-0.39, 0.29) is 0 Å². The first kappa shape index (κ1) is 4.50. The third-order valence-corrected chi connectivity index (χ3v) is 2.95. The third-order valence-electron chi connectivity index (χ3n) is 0.613. The molecule has 0 fully saturated rings. The van der Waals surface area contributed by atoms with Gasteiger partial charge in [0.2, 0.25) is 0 Å². The van der Waals surface area contributed by atoms with E-state index in [1.165, 1.54) is 0 Å². The molecule has 1 aliphatic heterocycles. The largest absolute Gasteiger partial charge is 0.0900 e. The monoisotopic (exact) mass is 116 g/mol. The topological polar surface area (TPSA) is 0 Å². The third kappa shape index (κ3) is 1.20. The molecule has 0 spiro atoms. The van der Waals surface area contributed by atoms with Gasteiger partial charge in [-0.2, -0.15) is 0 Å². The summed E-state index contributed by atoms with van der Waals surface area (Å²) in [6.07, 6.45) is 4.38. The van der Waals surface area contributed by atoms with E-state index in [0.29, 0.717) is 0 Å². The highest BCUT2D eigenvalue weighted by molar-refractivity contribution is 8.02. The predicted molar refractivity (Wildman–Crippen MR) is 32.4 cm³/mol. The van der Waals surface area contributed by atoms with Crippen LogP contribution in [0.15, 0.2) is 12.2 Å². The van der Waals surface area contributed by atoms with Crippen LogP contribution in [-0.2, 0) is 0 Å². The van der Waals surface area contributed by atoms with Crippen LogP contribution >= 0.6 is 15.7 Å². The molecule has 1 rings (SSSR count). The summed E-state index contributed by atoms with van der Waals surface area (Å²) in [7, 11) is 3.19. The van der Waals surface area contributed by atoms with Crippen molar-refractivity contribution in [1.82, 2.24) is 0 Å². The first-order valence-corrected chi connectivity index (χ1v) is 4.59. The molecule has 0 N–H and O–H groups in total. The lowest BCUT2D eigenvalue weighted by atomic mass is 10.6. The van der Waals surface area contributed by atoms with Crippen LogP contribution in [0.5, 0.6) is 0 Å². The highest BCUT2D eigenvalue weighted by Crippen LogP contribution is 2.48. The zero-order chi connectivity index (χ0) is 4.41. The number of hydrogen-bond acceptors (Lipinski definition) is 0. The van der Waals surface area contributed by atoms with E-state index in [2.05, 4.69) is 19.1 Å². The molecule has 1 aliphatic rings. The molecular formula is C4H6P2. The van der Waals surface area contributed by atoms with E-state index in [9.17, 15) is 0 Å². The minimum absolute atomic E-state index is 0.912. The maximum atomic E-state index is 2.25. The summed E-state index contributed by atoms with van der Waals surface area (Å²) in [5.41, 5.74) is 0. The minimum atomic E-state index is 0.912. The molecule has 32 valence electrons. The van der Waals surface area contributed by atoms with Gasteiger partial charge in [-0.05, 0) is 6.92 Å². The summed E-state index contributed by atoms with van der Waals surface area (Å²) < 4.78 is 0. The van der Waals surface area contributed by atoms with Crippen molar-refractivity contribution in [2.45, 2.75) is 12.3 Å². The summed E-state index contributed by atoms with van der Waals surface area (Å²) in [6, 6.07) is 0. The van der Waals surface area contributed by atoms with Crippen molar-refractivity contribution in [3.05, 3.63) is 12.2 Å². The van der Waals surface area contributed by atoms with Gasteiger partial charge in [0.15, 0.2) is 0 Å². The second-order valence-electron chi connectivity index (χ2n) is 1.17. The molecule has 0 saturated heterocycles. The molecule has 0 bridgehead atoms. The lowest BCUT2D eigenvalue weighted by molar-refractivity contribution is 1.61. The fraction of sp³-hybridized carbons (Fsp3) is 0.500. The Morgan fingerprint density at radius 3 is 2.33 bits per heavy atom. The highest BCUT2D eigenvalue weighted by Gasteiger charge is 2.05. The van der Waals surface area contributed by atoms with Gasteiger partial charge < -0.3 is 0 Å². The summed E-state index contributed by atoms with van der Waals surface area (Å²) in [6.45, 7) is 2.07. The summed E-state index contributed by atoms with van der Waals surface area (Å²) >= 11 is 0. The van der Waals surface area contributed by atoms with Crippen molar-refractivity contribution in [1.29, 1.82) is 0 Å². The molecule has 0 amide bonds. The summed E-state index contributed by atoms with van der Waals surface area (Å²) in [4.78, 5) is 0. The van der Waals surface area contributed by atoms with Gasteiger partial charge in [-0.1, -0.05) is 27.9 Å². The predicted octanol–water partition coefficient (Wildman–Crippen LogP) is 2.71. The van der Waals surface area contributed by atoms with Crippen molar-refractivity contribution < 1.29 is 0 Å². The zero-order valence-electron chi connectivity index (χ0n) is 3.63. The van der Waals surface area contributed by atoms with Crippen LogP contribution in [0.2, 0.25) is 0 Å². The van der Waals surface area contributed by atoms with E-state index in [1.807, 2.05) is 0 Å². The molecule has 0 aromatic carbocycles. The highest BCUT2D eigenvalue weighted by atomic mass is 31.8. The molecule has 0 saturated carbocycles. The first-order chi connectivity index (χ1) is 2.93. The number of rotatable bonds is 1. The summed E-state index contributed by atoms with van der Waals surface area (Å²) in [5.74, 6) is 0. The van der Waals surface area contributed by atoms with Crippen molar-refractivity contribution in [2.24, 2.45) is 0 Å². The van der Waals surface area contributed by atoms with Gasteiger partial charge in [0.25, 0.3) is 0 Å². The second-order valence-corrected chi connectivity index (χ2v) is 4.54. The Kier molecular flexibility index (Phi) is 1.40. The maximum absolute atomic E-state index is 2.25. The van der Waals surface area contributed by atoms with E-state index < -0.39 is 0 Å². The van der Waals surface area contributed by atoms with Gasteiger partial charge in [-0.25, -0.2) is 0 Å². The van der Waals surface area contributed by atoms with Crippen LogP contribution in [-0.4, -0.2) is 5.40 Å². The molecule has 0 nitrogen and oxygen atoms in total. The van der Waals surface area contributed by atoms with E-state index in [1.54, 1.807) is 15.7 Å². The van der Waals surface area contributed by atoms with Gasteiger partial charge in [-0.3, -0.25) is 0 Å². The van der Waals surface area contributed by atoms with Crippen LogP contribution in [0.1, 0.15) is 6.92 Å². The average molecular weight is 116 g/mol. The molecule has 1 heterocycles. The normalized spacial score (nSPS) is 34.5. The Morgan fingerprint density at radius 2 is 2.17 bits per heavy atom. The Morgan fingerprint density at radius 1 is 1.50 bits per heavy atom. The van der Waals surface area contributed by atoms with Crippen LogP contribution in [0.4, 0.5) is 0 Å². The van der Waals surface area contributed by atoms with Gasteiger partial charge in [0, 0.05) is 0 Å². The fourth-order valence-corrected chi connectivity index (χ4v) is 1.56. The first-order valence-electron chi connectivity index (χ1n) is 1.96. The Bertz CT molecular complexity index is 87.7. The Balaban J connectivity index is 2.19. The van der Waals surface area contributed by atoms with Crippen molar-refractivity contribution in [2.75, 3.05) is 0 Å². The van der Waals surface area contributed by atoms with Crippen LogP contribution in [0.3, 0.4) is 0 Å².